The Bertz CT molecular complexity index is 747. The zero-order valence-electron chi connectivity index (χ0n) is 16.4. The lowest BCUT2D eigenvalue weighted by molar-refractivity contribution is 0.561. The lowest BCUT2D eigenvalue weighted by atomic mass is 10.1. The van der Waals surface area contributed by atoms with E-state index < -0.39 is 0 Å². The van der Waals surface area contributed by atoms with Crippen molar-refractivity contribution < 1.29 is 0 Å². The molecule has 154 valence electrons. The molecule has 1 aliphatic rings. The lowest BCUT2D eigenvalue weighted by Crippen LogP contribution is -2.41. The summed E-state index contributed by atoms with van der Waals surface area (Å²) in [5.74, 6) is 2.48. The van der Waals surface area contributed by atoms with Crippen LogP contribution in [0.2, 0.25) is 0 Å². The Kier molecular flexibility index (Phi) is 9.49. The van der Waals surface area contributed by atoms with E-state index >= 15 is 0 Å². The van der Waals surface area contributed by atoms with Gasteiger partial charge in [0.15, 0.2) is 5.96 Å². The maximum atomic E-state index is 4.33. The van der Waals surface area contributed by atoms with Crippen LogP contribution in [0, 0.1) is 5.92 Å². The molecular weight excluding hydrogens is 533 g/mol. The highest BCUT2D eigenvalue weighted by molar-refractivity contribution is 14.0. The smallest absolute Gasteiger partial charge is 0.191 e. The number of hydrogen-bond donors (Lipinski definition) is 2. The Morgan fingerprint density at radius 2 is 2.07 bits per heavy atom. The third-order valence-electron chi connectivity index (χ3n) is 4.92. The van der Waals surface area contributed by atoms with Crippen molar-refractivity contribution in [2.75, 3.05) is 38.1 Å². The molecule has 0 amide bonds. The van der Waals surface area contributed by atoms with Gasteiger partial charge in [-0.1, -0.05) is 22.9 Å². The van der Waals surface area contributed by atoms with Crippen molar-refractivity contribution in [1.82, 2.24) is 25.4 Å². The molecule has 2 aromatic rings. The van der Waals surface area contributed by atoms with Crippen LogP contribution in [0.15, 0.2) is 40.1 Å². The number of anilines is 1. The first kappa shape index (κ1) is 22.9. The normalized spacial score (nSPS) is 16.8. The van der Waals surface area contributed by atoms with Crippen LogP contribution in [-0.2, 0) is 13.0 Å². The van der Waals surface area contributed by atoms with Crippen LogP contribution in [0.3, 0.4) is 0 Å². The van der Waals surface area contributed by atoms with Gasteiger partial charge in [0.05, 0.1) is 0 Å². The van der Waals surface area contributed by atoms with Gasteiger partial charge in [0.25, 0.3) is 0 Å². The number of aliphatic imine (C=N–C) groups is 1. The Balaban J connectivity index is 0.00000280. The van der Waals surface area contributed by atoms with Gasteiger partial charge >= 0.3 is 0 Å². The molecule has 0 saturated carbocycles. The molecule has 1 atom stereocenters. The van der Waals surface area contributed by atoms with Crippen LogP contribution in [0.25, 0.3) is 0 Å². The molecule has 1 aliphatic heterocycles. The van der Waals surface area contributed by atoms with E-state index in [1.165, 1.54) is 12.1 Å². The monoisotopic (exact) mass is 561 g/mol. The van der Waals surface area contributed by atoms with Crippen LogP contribution in [0.5, 0.6) is 0 Å². The van der Waals surface area contributed by atoms with Gasteiger partial charge in [-0.25, -0.2) is 0 Å². The molecule has 1 saturated heterocycles. The van der Waals surface area contributed by atoms with E-state index in [4.69, 9.17) is 0 Å². The SMILES string of the molecule is CCc1nncn1CCNC(=NC)NCC1CCN(c2ccc(Br)cc2)C1.I. The Hall–Kier alpha value is -1.36. The first-order valence-corrected chi connectivity index (χ1v) is 10.3. The van der Waals surface area contributed by atoms with E-state index in [0.29, 0.717) is 5.92 Å². The number of rotatable bonds is 7. The molecule has 7 nitrogen and oxygen atoms in total. The molecule has 1 unspecified atom stereocenters. The second-order valence-electron chi connectivity index (χ2n) is 6.75. The fourth-order valence-electron chi connectivity index (χ4n) is 3.38. The summed E-state index contributed by atoms with van der Waals surface area (Å²) in [6.45, 7) is 6.82. The predicted molar refractivity (Wildman–Crippen MR) is 129 cm³/mol. The van der Waals surface area contributed by atoms with Gasteiger partial charge in [-0.15, -0.1) is 34.2 Å². The highest BCUT2D eigenvalue weighted by Gasteiger charge is 2.22. The topological polar surface area (TPSA) is 70.4 Å². The van der Waals surface area contributed by atoms with Gasteiger partial charge in [-0.2, -0.15) is 0 Å². The zero-order chi connectivity index (χ0) is 19.1. The summed E-state index contributed by atoms with van der Waals surface area (Å²) in [5, 5.41) is 14.9. The number of aryl methyl sites for hydroxylation is 1. The number of benzene rings is 1. The molecule has 0 spiro atoms. The minimum Gasteiger partial charge on any atom is -0.371 e. The highest BCUT2D eigenvalue weighted by Crippen LogP contribution is 2.24. The molecule has 2 heterocycles. The van der Waals surface area contributed by atoms with Crippen LogP contribution in [0.1, 0.15) is 19.2 Å². The van der Waals surface area contributed by atoms with Crippen molar-refractivity contribution in [3.05, 3.63) is 40.9 Å². The Labute approximate surface area is 192 Å². The molecule has 1 fully saturated rings. The first-order chi connectivity index (χ1) is 13.2. The van der Waals surface area contributed by atoms with E-state index in [0.717, 1.165) is 55.4 Å². The molecular formula is C19H29BrIN7. The molecule has 1 aromatic heterocycles. The van der Waals surface area contributed by atoms with E-state index in [-0.39, 0.29) is 24.0 Å². The average molecular weight is 562 g/mol. The summed E-state index contributed by atoms with van der Waals surface area (Å²) in [7, 11) is 1.81. The van der Waals surface area contributed by atoms with Gasteiger partial charge in [0, 0.05) is 56.4 Å². The van der Waals surface area contributed by atoms with Gasteiger partial charge in [-0.05, 0) is 36.6 Å². The number of guanidine groups is 1. The molecule has 1 aromatic carbocycles. The quantitative estimate of drug-likeness (QED) is 0.309. The molecule has 0 radical (unpaired) electrons. The first-order valence-electron chi connectivity index (χ1n) is 9.51. The molecule has 3 rings (SSSR count). The summed E-state index contributed by atoms with van der Waals surface area (Å²) < 4.78 is 3.20. The summed E-state index contributed by atoms with van der Waals surface area (Å²) in [6, 6.07) is 8.56. The van der Waals surface area contributed by atoms with Crippen molar-refractivity contribution in [2.24, 2.45) is 10.9 Å². The molecule has 2 N–H and O–H groups in total. The number of aromatic nitrogens is 3. The number of halogens is 2. The fourth-order valence-corrected chi connectivity index (χ4v) is 3.65. The second-order valence-corrected chi connectivity index (χ2v) is 7.67. The minimum absolute atomic E-state index is 0. The second kappa shape index (κ2) is 11.6. The minimum atomic E-state index is 0. The maximum Gasteiger partial charge on any atom is 0.191 e. The van der Waals surface area contributed by atoms with Gasteiger partial charge in [-0.3, -0.25) is 4.99 Å². The summed E-state index contributed by atoms with van der Waals surface area (Å²) in [5.41, 5.74) is 1.30. The lowest BCUT2D eigenvalue weighted by Gasteiger charge is -2.19. The van der Waals surface area contributed by atoms with Crippen molar-refractivity contribution in [2.45, 2.75) is 26.3 Å². The van der Waals surface area contributed by atoms with Gasteiger partial charge in [0.1, 0.15) is 12.2 Å². The standard InChI is InChI=1S/C19H28BrN7.HI/c1-3-18-25-24-14-27(18)11-9-22-19(21-2)23-12-15-8-10-26(13-15)17-6-4-16(20)5-7-17;/h4-7,14-15H,3,8-13H2,1-2H3,(H2,21,22,23);1H. The molecule has 0 bridgehead atoms. The summed E-state index contributed by atoms with van der Waals surface area (Å²) >= 11 is 3.50. The predicted octanol–water partition coefficient (Wildman–Crippen LogP) is 2.91. The third-order valence-corrected chi connectivity index (χ3v) is 5.45. The third kappa shape index (κ3) is 6.33. The summed E-state index contributed by atoms with van der Waals surface area (Å²) in [6.07, 6.45) is 3.87. The van der Waals surface area contributed by atoms with E-state index in [2.05, 4.69) is 82.4 Å². The molecule has 0 aliphatic carbocycles. The van der Waals surface area contributed by atoms with Crippen LogP contribution >= 0.6 is 39.9 Å². The Morgan fingerprint density at radius 3 is 2.79 bits per heavy atom. The van der Waals surface area contributed by atoms with E-state index in [9.17, 15) is 0 Å². The zero-order valence-corrected chi connectivity index (χ0v) is 20.4. The van der Waals surface area contributed by atoms with Crippen molar-refractivity contribution >= 4 is 51.6 Å². The number of nitrogens with one attached hydrogen (secondary N) is 2. The van der Waals surface area contributed by atoms with Crippen molar-refractivity contribution in [3.63, 3.8) is 0 Å². The number of nitrogens with zero attached hydrogens (tertiary/aromatic N) is 5. The average Bonchev–Trinajstić information content (AvgIpc) is 3.34. The number of hydrogen-bond acceptors (Lipinski definition) is 4. The van der Waals surface area contributed by atoms with Crippen LogP contribution in [0.4, 0.5) is 5.69 Å². The fraction of sp³-hybridized carbons (Fsp3) is 0.526. The largest absolute Gasteiger partial charge is 0.371 e. The van der Waals surface area contributed by atoms with Crippen LogP contribution in [-0.4, -0.2) is 54.0 Å². The van der Waals surface area contributed by atoms with Gasteiger partial charge in [0.2, 0.25) is 0 Å². The van der Waals surface area contributed by atoms with Gasteiger partial charge < -0.3 is 20.1 Å². The maximum absolute atomic E-state index is 4.33. The highest BCUT2D eigenvalue weighted by atomic mass is 127. The molecule has 9 heteroatoms. The van der Waals surface area contributed by atoms with Crippen molar-refractivity contribution in [3.8, 4) is 0 Å². The van der Waals surface area contributed by atoms with E-state index in [1.807, 2.05) is 7.05 Å². The van der Waals surface area contributed by atoms with Crippen LogP contribution < -0.4 is 15.5 Å². The van der Waals surface area contributed by atoms with Crippen molar-refractivity contribution in [1.29, 1.82) is 0 Å². The molecule has 28 heavy (non-hydrogen) atoms. The Morgan fingerprint density at radius 1 is 1.29 bits per heavy atom. The summed E-state index contributed by atoms with van der Waals surface area (Å²) in [4.78, 5) is 6.78. The van der Waals surface area contributed by atoms with E-state index in [1.54, 1.807) is 6.33 Å².